The van der Waals surface area contributed by atoms with E-state index < -0.39 is 0 Å². The second kappa shape index (κ2) is 5.64. The van der Waals surface area contributed by atoms with Crippen molar-refractivity contribution in [1.82, 2.24) is 10.3 Å². The molecule has 0 unspecified atom stereocenters. The van der Waals surface area contributed by atoms with E-state index in [2.05, 4.69) is 23.3 Å². The number of carbonyl (C=O) groups excluding carboxylic acids is 1. The fourth-order valence-electron chi connectivity index (χ4n) is 3.00. The van der Waals surface area contributed by atoms with Crippen molar-refractivity contribution in [3.8, 4) is 5.75 Å². The summed E-state index contributed by atoms with van der Waals surface area (Å²) in [5.74, 6) is 1.62. The lowest BCUT2D eigenvalue weighted by Gasteiger charge is -2.11. The van der Waals surface area contributed by atoms with Crippen LogP contribution in [-0.2, 0) is 6.42 Å². The van der Waals surface area contributed by atoms with Crippen molar-refractivity contribution in [2.45, 2.75) is 39.2 Å². The number of nitrogens with zero attached hydrogens (tertiary/aromatic N) is 1. The number of hydrogen-bond acceptors (Lipinski definition) is 4. The fourth-order valence-corrected chi connectivity index (χ4v) is 4.08. The fraction of sp³-hybridized carbons (Fsp3) is 0.444. The van der Waals surface area contributed by atoms with Crippen LogP contribution in [0.4, 0.5) is 0 Å². The predicted molar refractivity (Wildman–Crippen MR) is 90.2 cm³/mol. The molecule has 1 atom stereocenters. The molecule has 23 heavy (non-hydrogen) atoms. The molecular formula is C18H20N2O2S. The molecule has 4 rings (SSSR count). The number of thiazole rings is 1. The molecule has 1 amide bonds. The molecule has 1 fully saturated rings. The van der Waals surface area contributed by atoms with Crippen molar-refractivity contribution in [3.63, 3.8) is 0 Å². The Morgan fingerprint density at radius 2 is 2.22 bits per heavy atom. The maximum Gasteiger partial charge on any atom is 0.263 e. The maximum atomic E-state index is 12.6. The van der Waals surface area contributed by atoms with Gasteiger partial charge in [-0.1, -0.05) is 17.7 Å². The van der Waals surface area contributed by atoms with E-state index in [0.29, 0.717) is 6.61 Å². The lowest BCUT2D eigenvalue weighted by Crippen LogP contribution is -2.29. The monoisotopic (exact) mass is 328 g/mol. The number of hydrogen-bond donors (Lipinski definition) is 1. The van der Waals surface area contributed by atoms with Crippen LogP contribution in [0.5, 0.6) is 5.75 Å². The van der Waals surface area contributed by atoms with Crippen LogP contribution >= 0.6 is 11.3 Å². The minimum absolute atomic E-state index is 0.0370. The van der Waals surface area contributed by atoms with Gasteiger partial charge in [-0.3, -0.25) is 4.79 Å². The SMILES string of the molecule is Cc1ccc2c(c1)[C@@H](NC(=O)c1sc(CC3CC3)nc1C)CO2. The Bertz CT molecular complexity index is 764. The molecule has 1 aliphatic heterocycles. The standard InChI is InChI=1S/C18H20N2O2S/c1-10-3-6-15-13(7-10)14(9-22-15)20-18(21)17-11(2)19-16(23-17)8-12-4-5-12/h3,6-7,12,14H,4-5,8-9H2,1-2H3,(H,20,21)/t14-/m0/s1. The second-order valence-electron chi connectivity index (χ2n) is 6.55. The summed E-state index contributed by atoms with van der Waals surface area (Å²) in [6.45, 7) is 4.47. The van der Waals surface area contributed by atoms with E-state index in [1.165, 1.54) is 29.7 Å². The van der Waals surface area contributed by atoms with Gasteiger partial charge in [0.1, 0.15) is 17.2 Å². The van der Waals surface area contributed by atoms with Gasteiger partial charge >= 0.3 is 0 Å². The maximum absolute atomic E-state index is 12.6. The van der Waals surface area contributed by atoms with Crippen LogP contribution in [0.25, 0.3) is 0 Å². The average Bonchev–Trinajstić information content (AvgIpc) is 3.13. The Labute approximate surface area is 139 Å². The van der Waals surface area contributed by atoms with Crippen molar-refractivity contribution in [3.05, 3.63) is 44.9 Å². The molecule has 0 radical (unpaired) electrons. The van der Waals surface area contributed by atoms with Gasteiger partial charge in [-0.2, -0.15) is 0 Å². The lowest BCUT2D eigenvalue weighted by atomic mass is 10.1. The zero-order chi connectivity index (χ0) is 16.0. The zero-order valence-corrected chi connectivity index (χ0v) is 14.2. The quantitative estimate of drug-likeness (QED) is 0.933. The molecule has 2 aliphatic rings. The van der Waals surface area contributed by atoms with Crippen molar-refractivity contribution in [2.24, 2.45) is 5.92 Å². The normalized spacial score (nSPS) is 19.3. The van der Waals surface area contributed by atoms with Crippen molar-refractivity contribution >= 4 is 17.2 Å². The largest absolute Gasteiger partial charge is 0.491 e. The second-order valence-corrected chi connectivity index (χ2v) is 7.63. The number of amides is 1. The molecule has 2 aromatic rings. The van der Waals surface area contributed by atoms with Gasteiger partial charge in [-0.05, 0) is 38.7 Å². The van der Waals surface area contributed by atoms with E-state index in [1.807, 2.05) is 19.1 Å². The highest BCUT2D eigenvalue weighted by atomic mass is 32.1. The van der Waals surface area contributed by atoms with Crippen molar-refractivity contribution < 1.29 is 9.53 Å². The molecule has 1 aromatic carbocycles. The van der Waals surface area contributed by atoms with Crippen LogP contribution in [0.3, 0.4) is 0 Å². The molecule has 4 nitrogen and oxygen atoms in total. The van der Waals surface area contributed by atoms with Crippen molar-refractivity contribution in [1.29, 1.82) is 0 Å². The summed E-state index contributed by atoms with van der Waals surface area (Å²) >= 11 is 1.54. The number of rotatable bonds is 4. The Kier molecular flexibility index (Phi) is 3.60. The van der Waals surface area contributed by atoms with Gasteiger partial charge in [0.2, 0.25) is 0 Å². The Hall–Kier alpha value is -1.88. The Balaban J connectivity index is 1.50. The first-order valence-corrected chi connectivity index (χ1v) is 8.92. The molecule has 1 aliphatic carbocycles. The summed E-state index contributed by atoms with van der Waals surface area (Å²) in [6.07, 6.45) is 3.62. The summed E-state index contributed by atoms with van der Waals surface area (Å²) in [5, 5.41) is 4.20. The summed E-state index contributed by atoms with van der Waals surface area (Å²) in [4.78, 5) is 17.9. The van der Waals surface area contributed by atoms with E-state index in [0.717, 1.165) is 39.2 Å². The van der Waals surface area contributed by atoms with Gasteiger partial charge < -0.3 is 10.1 Å². The first kappa shape index (κ1) is 14.7. The van der Waals surface area contributed by atoms with E-state index in [1.54, 1.807) is 0 Å². The van der Waals surface area contributed by atoms with Crippen LogP contribution < -0.4 is 10.1 Å². The van der Waals surface area contributed by atoms with Gasteiger partial charge in [0, 0.05) is 12.0 Å². The molecule has 120 valence electrons. The van der Waals surface area contributed by atoms with Gasteiger partial charge in [0.25, 0.3) is 5.91 Å². The molecule has 1 saturated carbocycles. The molecule has 0 bridgehead atoms. The summed E-state index contributed by atoms with van der Waals surface area (Å²) in [7, 11) is 0. The van der Waals surface area contributed by atoms with E-state index in [4.69, 9.17) is 4.74 Å². The average molecular weight is 328 g/mol. The predicted octanol–water partition coefficient (Wildman–Crippen LogP) is 3.58. The van der Waals surface area contributed by atoms with E-state index in [-0.39, 0.29) is 11.9 Å². The highest BCUT2D eigenvalue weighted by molar-refractivity contribution is 7.13. The number of ether oxygens (including phenoxy) is 1. The number of carbonyl (C=O) groups is 1. The molecular weight excluding hydrogens is 308 g/mol. The molecule has 0 spiro atoms. The number of aryl methyl sites for hydroxylation is 2. The Morgan fingerprint density at radius 3 is 3.00 bits per heavy atom. The Morgan fingerprint density at radius 1 is 1.39 bits per heavy atom. The summed E-state index contributed by atoms with van der Waals surface area (Å²) in [5.41, 5.74) is 3.08. The highest BCUT2D eigenvalue weighted by Gasteiger charge is 2.28. The number of nitrogens with one attached hydrogen (secondary N) is 1. The van der Waals surface area contributed by atoms with Crippen LogP contribution in [0, 0.1) is 19.8 Å². The zero-order valence-electron chi connectivity index (χ0n) is 13.4. The first-order chi connectivity index (χ1) is 11.1. The third-order valence-electron chi connectivity index (χ3n) is 4.46. The molecule has 2 heterocycles. The molecule has 1 N–H and O–H groups in total. The number of aromatic nitrogens is 1. The van der Waals surface area contributed by atoms with Gasteiger partial charge in [-0.25, -0.2) is 4.98 Å². The third kappa shape index (κ3) is 2.98. The van der Waals surface area contributed by atoms with E-state index in [9.17, 15) is 4.79 Å². The van der Waals surface area contributed by atoms with Crippen LogP contribution in [-0.4, -0.2) is 17.5 Å². The topological polar surface area (TPSA) is 51.2 Å². The number of benzene rings is 1. The smallest absolute Gasteiger partial charge is 0.263 e. The van der Waals surface area contributed by atoms with Gasteiger partial charge in [0.05, 0.1) is 16.7 Å². The molecule has 0 saturated heterocycles. The number of fused-ring (bicyclic) bond motifs is 1. The van der Waals surface area contributed by atoms with Gasteiger partial charge in [-0.15, -0.1) is 11.3 Å². The molecule has 5 heteroatoms. The van der Waals surface area contributed by atoms with Crippen LogP contribution in [0.1, 0.15) is 50.4 Å². The van der Waals surface area contributed by atoms with Crippen LogP contribution in [0.2, 0.25) is 0 Å². The minimum atomic E-state index is -0.0780. The lowest BCUT2D eigenvalue weighted by molar-refractivity contribution is 0.0933. The molecule has 1 aromatic heterocycles. The first-order valence-electron chi connectivity index (χ1n) is 8.10. The summed E-state index contributed by atoms with van der Waals surface area (Å²) < 4.78 is 5.67. The van der Waals surface area contributed by atoms with E-state index >= 15 is 0 Å². The summed E-state index contributed by atoms with van der Waals surface area (Å²) in [6, 6.07) is 6.01. The third-order valence-corrected chi connectivity index (χ3v) is 5.64. The minimum Gasteiger partial charge on any atom is -0.491 e. The van der Waals surface area contributed by atoms with Gasteiger partial charge in [0.15, 0.2) is 0 Å². The van der Waals surface area contributed by atoms with Crippen molar-refractivity contribution in [2.75, 3.05) is 6.61 Å². The highest BCUT2D eigenvalue weighted by Crippen LogP contribution is 2.35. The van der Waals surface area contributed by atoms with Crippen LogP contribution in [0.15, 0.2) is 18.2 Å².